The fourth-order valence-corrected chi connectivity index (χ4v) is 3.60. The van der Waals surface area contributed by atoms with E-state index >= 15 is 0 Å². The van der Waals surface area contributed by atoms with E-state index in [2.05, 4.69) is 0 Å². The summed E-state index contributed by atoms with van der Waals surface area (Å²) < 4.78 is 35.0. The minimum Gasteiger partial charge on any atom is -0.493 e. The normalized spacial score (nSPS) is 12.4. The molecular weight excluding hydrogens is 370 g/mol. The van der Waals surface area contributed by atoms with Crippen LogP contribution in [0.5, 0.6) is 11.5 Å². The number of aryl methyl sites for hydroxylation is 1. The Bertz CT molecular complexity index is 867. The second-order valence-corrected chi connectivity index (χ2v) is 7.66. The molecule has 8 heteroatoms. The fourth-order valence-electron chi connectivity index (χ4n) is 2.53. The van der Waals surface area contributed by atoms with Gasteiger partial charge in [0.25, 0.3) is 0 Å². The Balaban J connectivity index is 2.04. The van der Waals surface area contributed by atoms with Crippen LogP contribution in [-0.4, -0.2) is 32.6 Å². The quantitative estimate of drug-likeness (QED) is 0.595. The molecule has 0 aliphatic carbocycles. The van der Waals surface area contributed by atoms with E-state index in [0.29, 0.717) is 30.6 Å². The van der Waals surface area contributed by atoms with Gasteiger partial charge in [0, 0.05) is 0 Å². The number of methoxy groups -OCH3 is 1. The Labute approximate surface area is 158 Å². The molecular formula is C19H23NO6S. The molecule has 0 aliphatic rings. The molecule has 0 aromatic heterocycles. The zero-order valence-corrected chi connectivity index (χ0v) is 15.8. The third-order valence-corrected chi connectivity index (χ3v) is 5.05. The van der Waals surface area contributed by atoms with Crippen molar-refractivity contribution in [2.75, 3.05) is 7.11 Å². The van der Waals surface area contributed by atoms with Crippen LogP contribution in [0.1, 0.15) is 24.0 Å². The molecule has 0 spiro atoms. The first-order valence-corrected chi connectivity index (χ1v) is 10.00. The monoisotopic (exact) mass is 393 g/mol. The first kappa shape index (κ1) is 20.7. The maximum absolute atomic E-state index is 12.3. The summed E-state index contributed by atoms with van der Waals surface area (Å²) in [4.78, 5) is 10.7. The van der Waals surface area contributed by atoms with Gasteiger partial charge in [0.1, 0.15) is 11.8 Å². The highest BCUT2D eigenvalue weighted by atomic mass is 32.2. The van der Waals surface area contributed by atoms with Crippen molar-refractivity contribution in [3.8, 4) is 11.5 Å². The number of aliphatic carboxylic acids is 1. The average Bonchev–Trinajstić information content (AvgIpc) is 2.62. The standard InChI is InChI=1S/C19H23NO6S/c1-25-18-12-14(8-5-9-16(20)19(21)22)10-11-17(18)26-27(23,24)13-15-6-3-2-4-7-15/h2-4,6-7,10-12,16H,5,8-9,13,20H2,1H3,(H,21,22). The summed E-state index contributed by atoms with van der Waals surface area (Å²) in [7, 11) is -2.41. The summed E-state index contributed by atoms with van der Waals surface area (Å²) in [5, 5.41) is 8.79. The number of hydrogen-bond acceptors (Lipinski definition) is 6. The molecule has 2 aromatic rings. The first-order chi connectivity index (χ1) is 12.8. The third-order valence-electron chi connectivity index (χ3n) is 3.93. The van der Waals surface area contributed by atoms with Crippen LogP contribution in [0.25, 0.3) is 0 Å². The van der Waals surface area contributed by atoms with E-state index in [1.807, 2.05) is 6.07 Å². The number of carboxylic acid groups (broad SMARTS) is 1. The van der Waals surface area contributed by atoms with Crippen molar-refractivity contribution in [1.82, 2.24) is 0 Å². The summed E-state index contributed by atoms with van der Waals surface area (Å²) in [5.41, 5.74) is 6.98. The van der Waals surface area contributed by atoms with Gasteiger partial charge in [0.05, 0.1) is 7.11 Å². The van der Waals surface area contributed by atoms with Crippen molar-refractivity contribution >= 4 is 16.1 Å². The molecule has 0 heterocycles. The minimum atomic E-state index is -3.83. The number of carbonyl (C=O) groups is 1. The van der Waals surface area contributed by atoms with Crippen LogP contribution in [0.4, 0.5) is 0 Å². The van der Waals surface area contributed by atoms with Crippen LogP contribution in [0.15, 0.2) is 48.5 Å². The maximum atomic E-state index is 12.3. The van der Waals surface area contributed by atoms with Gasteiger partial charge in [-0.2, -0.15) is 8.42 Å². The van der Waals surface area contributed by atoms with Crippen molar-refractivity contribution < 1.29 is 27.2 Å². The van der Waals surface area contributed by atoms with Gasteiger partial charge in [-0.3, -0.25) is 4.79 Å². The number of ether oxygens (including phenoxy) is 1. The third kappa shape index (κ3) is 6.58. The maximum Gasteiger partial charge on any atom is 0.320 e. The van der Waals surface area contributed by atoms with Gasteiger partial charge in [-0.25, -0.2) is 0 Å². The van der Waals surface area contributed by atoms with Gasteiger partial charge in [-0.15, -0.1) is 0 Å². The van der Waals surface area contributed by atoms with Gasteiger partial charge in [-0.05, 0) is 42.5 Å². The number of carboxylic acids is 1. The summed E-state index contributed by atoms with van der Waals surface area (Å²) in [6, 6.07) is 12.8. The Morgan fingerprint density at radius 1 is 1.11 bits per heavy atom. The minimum absolute atomic E-state index is 0.111. The van der Waals surface area contributed by atoms with Gasteiger partial charge in [0.15, 0.2) is 11.5 Å². The van der Waals surface area contributed by atoms with Crippen LogP contribution in [0, 0.1) is 0 Å². The lowest BCUT2D eigenvalue weighted by Crippen LogP contribution is -2.29. The van der Waals surface area contributed by atoms with Crippen LogP contribution < -0.4 is 14.7 Å². The van der Waals surface area contributed by atoms with Crippen LogP contribution >= 0.6 is 0 Å². The highest BCUT2D eigenvalue weighted by Gasteiger charge is 2.17. The van der Waals surface area contributed by atoms with E-state index in [9.17, 15) is 13.2 Å². The lowest BCUT2D eigenvalue weighted by Gasteiger charge is -2.12. The summed E-state index contributed by atoms with van der Waals surface area (Å²) >= 11 is 0. The lowest BCUT2D eigenvalue weighted by molar-refractivity contribution is -0.138. The largest absolute Gasteiger partial charge is 0.493 e. The Hall–Kier alpha value is -2.58. The van der Waals surface area contributed by atoms with Crippen molar-refractivity contribution in [1.29, 1.82) is 0 Å². The van der Waals surface area contributed by atoms with Crippen molar-refractivity contribution in [2.45, 2.75) is 31.1 Å². The zero-order chi connectivity index (χ0) is 19.9. The topological polar surface area (TPSA) is 116 Å². The molecule has 146 valence electrons. The molecule has 0 saturated carbocycles. The molecule has 1 unspecified atom stereocenters. The molecule has 2 rings (SSSR count). The second-order valence-electron chi connectivity index (χ2n) is 6.09. The molecule has 7 nitrogen and oxygen atoms in total. The van der Waals surface area contributed by atoms with Gasteiger partial charge >= 0.3 is 16.1 Å². The van der Waals surface area contributed by atoms with Crippen LogP contribution in [-0.2, 0) is 27.1 Å². The molecule has 0 saturated heterocycles. The smallest absolute Gasteiger partial charge is 0.320 e. The van der Waals surface area contributed by atoms with E-state index in [1.165, 1.54) is 13.2 Å². The van der Waals surface area contributed by atoms with Crippen molar-refractivity contribution in [2.24, 2.45) is 5.73 Å². The fraction of sp³-hybridized carbons (Fsp3) is 0.316. The molecule has 0 fully saturated rings. The van der Waals surface area contributed by atoms with Crippen LogP contribution in [0.2, 0.25) is 0 Å². The molecule has 0 amide bonds. The Kier molecular flexibility index (Phi) is 7.20. The van der Waals surface area contributed by atoms with Crippen molar-refractivity contribution in [3.05, 3.63) is 59.7 Å². The number of rotatable bonds is 10. The van der Waals surface area contributed by atoms with E-state index in [1.54, 1.807) is 36.4 Å². The van der Waals surface area contributed by atoms with Gasteiger partial charge in [-0.1, -0.05) is 36.4 Å². The van der Waals surface area contributed by atoms with Crippen molar-refractivity contribution in [3.63, 3.8) is 0 Å². The molecule has 1 atom stereocenters. The summed E-state index contributed by atoms with van der Waals surface area (Å²) in [5.74, 6) is -0.864. The molecule has 0 radical (unpaired) electrons. The molecule has 3 N–H and O–H groups in total. The SMILES string of the molecule is COc1cc(CCCC(N)C(=O)O)ccc1OS(=O)(=O)Cc1ccccc1. The molecule has 27 heavy (non-hydrogen) atoms. The highest BCUT2D eigenvalue weighted by molar-refractivity contribution is 7.86. The lowest BCUT2D eigenvalue weighted by atomic mass is 10.0. The second kappa shape index (κ2) is 9.38. The van der Waals surface area contributed by atoms with E-state index in [-0.39, 0.29) is 11.5 Å². The predicted molar refractivity (Wildman–Crippen MR) is 101 cm³/mol. The van der Waals surface area contributed by atoms with E-state index < -0.39 is 22.1 Å². The first-order valence-electron chi connectivity index (χ1n) is 8.42. The summed E-state index contributed by atoms with van der Waals surface area (Å²) in [6.07, 6.45) is 1.53. The number of hydrogen-bond donors (Lipinski definition) is 2. The number of nitrogens with two attached hydrogens (primary N) is 1. The van der Waals surface area contributed by atoms with Crippen LogP contribution in [0.3, 0.4) is 0 Å². The average molecular weight is 393 g/mol. The van der Waals surface area contributed by atoms with E-state index in [0.717, 1.165) is 5.56 Å². The Morgan fingerprint density at radius 3 is 2.44 bits per heavy atom. The molecule has 0 bridgehead atoms. The zero-order valence-electron chi connectivity index (χ0n) is 15.0. The molecule has 0 aliphatic heterocycles. The molecule has 2 aromatic carbocycles. The number of benzene rings is 2. The van der Waals surface area contributed by atoms with Gasteiger partial charge < -0.3 is 19.8 Å². The Morgan fingerprint density at radius 2 is 1.81 bits per heavy atom. The summed E-state index contributed by atoms with van der Waals surface area (Å²) in [6.45, 7) is 0. The van der Waals surface area contributed by atoms with E-state index in [4.69, 9.17) is 19.8 Å². The van der Waals surface area contributed by atoms with Gasteiger partial charge in [0.2, 0.25) is 0 Å². The highest BCUT2D eigenvalue weighted by Crippen LogP contribution is 2.30. The predicted octanol–water partition coefficient (Wildman–Crippen LogP) is 2.34.